The molecule has 0 bridgehead atoms. The third-order valence-corrected chi connectivity index (χ3v) is 3.19. The molecule has 2 rings (SSSR count). The molecular formula is C16H13ClO3. The lowest BCUT2D eigenvalue weighted by Crippen LogP contribution is -2.10. The predicted molar refractivity (Wildman–Crippen MR) is 77.3 cm³/mol. The van der Waals surface area contributed by atoms with Gasteiger partial charge in [-0.3, -0.25) is 4.79 Å². The van der Waals surface area contributed by atoms with Crippen molar-refractivity contribution in [3.05, 3.63) is 70.2 Å². The largest absolute Gasteiger partial charge is 0.465 e. The van der Waals surface area contributed by atoms with Crippen LogP contribution in [0, 0.1) is 0 Å². The molecule has 0 atom stereocenters. The standard InChI is InChI=1S/C16H13ClO3/c1-20-16(19)14-5-3-2-4-12(14)10-15(18)11-6-8-13(17)9-7-11/h2-9H,10H2,1H3. The van der Waals surface area contributed by atoms with Gasteiger partial charge in [0.25, 0.3) is 0 Å². The highest BCUT2D eigenvalue weighted by Crippen LogP contribution is 2.15. The Labute approximate surface area is 122 Å². The lowest BCUT2D eigenvalue weighted by Gasteiger charge is -2.07. The quantitative estimate of drug-likeness (QED) is 0.638. The van der Waals surface area contributed by atoms with Gasteiger partial charge in [-0.1, -0.05) is 29.8 Å². The van der Waals surface area contributed by atoms with Crippen LogP contribution in [0.2, 0.25) is 5.02 Å². The Kier molecular flexibility index (Phi) is 4.53. The number of hydrogen-bond donors (Lipinski definition) is 0. The summed E-state index contributed by atoms with van der Waals surface area (Å²) < 4.78 is 4.71. The van der Waals surface area contributed by atoms with Crippen LogP contribution in [0.15, 0.2) is 48.5 Å². The fourth-order valence-electron chi connectivity index (χ4n) is 1.89. The number of benzene rings is 2. The van der Waals surface area contributed by atoms with E-state index in [2.05, 4.69) is 0 Å². The molecule has 0 aliphatic rings. The number of Topliss-reactive ketones (excluding diaryl/α,β-unsaturated/α-hetero) is 1. The van der Waals surface area contributed by atoms with Gasteiger partial charge in [0.1, 0.15) is 0 Å². The number of ether oxygens (including phenoxy) is 1. The first-order valence-corrected chi connectivity index (χ1v) is 6.44. The summed E-state index contributed by atoms with van der Waals surface area (Å²) in [7, 11) is 1.32. The number of rotatable bonds is 4. The molecule has 0 saturated heterocycles. The Hall–Kier alpha value is -2.13. The summed E-state index contributed by atoms with van der Waals surface area (Å²) in [4.78, 5) is 23.8. The SMILES string of the molecule is COC(=O)c1ccccc1CC(=O)c1ccc(Cl)cc1. The highest BCUT2D eigenvalue weighted by atomic mass is 35.5. The Morgan fingerprint density at radius 2 is 1.70 bits per heavy atom. The third kappa shape index (κ3) is 3.25. The fourth-order valence-corrected chi connectivity index (χ4v) is 2.02. The lowest BCUT2D eigenvalue weighted by atomic mass is 9.99. The molecule has 4 heteroatoms. The van der Waals surface area contributed by atoms with E-state index in [0.29, 0.717) is 21.7 Å². The molecule has 0 aromatic heterocycles. The smallest absolute Gasteiger partial charge is 0.338 e. The van der Waals surface area contributed by atoms with Crippen LogP contribution >= 0.6 is 11.6 Å². The monoisotopic (exact) mass is 288 g/mol. The van der Waals surface area contributed by atoms with Gasteiger partial charge in [-0.2, -0.15) is 0 Å². The van der Waals surface area contributed by atoms with Gasteiger partial charge in [0.2, 0.25) is 0 Å². The highest BCUT2D eigenvalue weighted by Gasteiger charge is 2.14. The van der Waals surface area contributed by atoms with Crippen molar-refractivity contribution in [3.8, 4) is 0 Å². The molecule has 0 heterocycles. The minimum absolute atomic E-state index is 0.0713. The van der Waals surface area contributed by atoms with Crippen molar-refractivity contribution in [3.63, 3.8) is 0 Å². The summed E-state index contributed by atoms with van der Waals surface area (Å²) in [5.74, 6) is -0.512. The Bertz CT molecular complexity index is 632. The number of halogens is 1. The van der Waals surface area contributed by atoms with Gasteiger partial charge < -0.3 is 4.74 Å². The zero-order chi connectivity index (χ0) is 14.5. The second kappa shape index (κ2) is 6.35. The van der Waals surface area contributed by atoms with Crippen LogP contribution in [0.4, 0.5) is 0 Å². The average Bonchev–Trinajstić information content (AvgIpc) is 2.47. The number of esters is 1. The van der Waals surface area contributed by atoms with Gasteiger partial charge in [0.05, 0.1) is 12.7 Å². The fraction of sp³-hybridized carbons (Fsp3) is 0.125. The maximum absolute atomic E-state index is 12.2. The van der Waals surface area contributed by atoms with Crippen LogP contribution in [0.25, 0.3) is 0 Å². The van der Waals surface area contributed by atoms with Crippen molar-refractivity contribution >= 4 is 23.4 Å². The zero-order valence-electron chi connectivity index (χ0n) is 10.9. The number of ketones is 1. The first-order chi connectivity index (χ1) is 9.61. The van der Waals surface area contributed by atoms with Gasteiger partial charge in [0, 0.05) is 17.0 Å². The van der Waals surface area contributed by atoms with E-state index in [1.165, 1.54) is 7.11 Å². The molecule has 2 aromatic rings. The van der Waals surface area contributed by atoms with Crippen molar-refractivity contribution in [1.29, 1.82) is 0 Å². The average molecular weight is 289 g/mol. The highest BCUT2D eigenvalue weighted by molar-refractivity contribution is 6.30. The van der Waals surface area contributed by atoms with E-state index in [1.54, 1.807) is 48.5 Å². The van der Waals surface area contributed by atoms with E-state index in [-0.39, 0.29) is 12.2 Å². The van der Waals surface area contributed by atoms with Gasteiger partial charge in [-0.15, -0.1) is 0 Å². The summed E-state index contributed by atoms with van der Waals surface area (Å²) >= 11 is 5.79. The molecule has 20 heavy (non-hydrogen) atoms. The number of methoxy groups -OCH3 is 1. The van der Waals surface area contributed by atoms with Gasteiger partial charge in [-0.05, 0) is 35.9 Å². The van der Waals surface area contributed by atoms with Crippen molar-refractivity contribution in [1.82, 2.24) is 0 Å². The van der Waals surface area contributed by atoms with E-state index in [1.807, 2.05) is 0 Å². The van der Waals surface area contributed by atoms with Crippen LogP contribution in [0.3, 0.4) is 0 Å². The van der Waals surface area contributed by atoms with E-state index in [9.17, 15) is 9.59 Å². The van der Waals surface area contributed by atoms with Gasteiger partial charge in [0.15, 0.2) is 5.78 Å². The number of carbonyl (C=O) groups excluding carboxylic acids is 2. The topological polar surface area (TPSA) is 43.4 Å². The molecule has 0 radical (unpaired) electrons. The maximum atomic E-state index is 12.2. The molecule has 102 valence electrons. The summed E-state index contributed by atoms with van der Waals surface area (Å²) in [5, 5.41) is 0.580. The van der Waals surface area contributed by atoms with Crippen molar-refractivity contribution in [2.75, 3.05) is 7.11 Å². The maximum Gasteiger partial charge on any atom is 0.338 e. The molecule has 0 aliphatic heterocycles. The molecular weight excluding hydrogens is 276 g/mol. The summed E-state index contributed by atoms with van der Waals surface area (Å²) in [6, 6.07) is 13.6. The molecule has 0 amide bonds. The molecule has 0 N–H and O–H groups in total. The lowest BCUT2D eigenvalue weighted by molar-refractivity contribution is 0.0599. The number of hydrogen-bond acceptors (Lipinski definition) is 3. The molecule has 0 aliphatic carbocycles. The molecule has 2 aromatic carbocycles. The predicted octanol–water partition coefficient (Wildman–Crippen LogP) is 3.55. The van der Waals surface area contributed by atoms with Crippen molar-refractivity contribution in [2.24, 2.45) is 0 Å². The summed E-state index contributed by atoms with van der Waals surface area (Å²) in [5.41, 5.74) is 1.63. The Balaban J connectivity index is 2.24. The van der Waals surface area contributed by atoms with E-state index < -0.39 is 5.97 Å². The summed E-state index contributed by atoms with van der Waals surface area (Å²) in [6.45, 7) is 0. The minimum Gasteiger partial charge on any atom is -0.465 e. The van der Waals surface area contributed by atoms with Crippen LogP contribution in [0.5, 0.6) is 0 Å². The van der Waals surface area contributed by atoms with Gasteiger partial charge in [-0.25, -0.2) is 4.79 Å². The molecule has 3 nitrogen and oxygen atoms in total. The second-order valence-electron chi connectivity index (χ2n) is 4.26. The molecule has 0 fully saturated rings. The molecule has 0 unspecified atom stereocenters. The zero-order valence-corrected chi connectivity index (χ0v) is 11.7. The van der Waals surface area contributed by atoms with E-state index >= 15 is 0 Å². The minimum atomic E-state index is -0.440. The third-order valence-electron chi connectivity index (χ3n) is 2.94. The first kappa shape index (κ1) is 14.3. The molecule has 0 saturated carbocycles. The first-order valence-electron chi connectivity index (χ1n) is 6.07. The van der Waals surface area contributed by atoms with E-state index in [4.69, 9.17) is 16.3 Å². The van der Waals surface area contributed by atoms with Crippen LogP contribution in [-0.2, 0) is 11.2 Å². The van der Waals surface area contributed by atoms with Crippen LogP contribution in [0.1, 0.15) is 26.3 Å². The molecule has 0 spiro atoms. The van der Waals surface area contributed by atoms with Crippen LogP contribution < -0.4 is 0 Å². The van der Waals surface area contributed by atoms with Crippen LogP contribution in [-0.4, -0.2) is 18.9 Å². The summed E-state index contributed by atoms with van der Waals surface area (Å²) in [6.07, 6.45) is 0.146. The van der Waals surface area contributed by atoms with Gasteiger partial charge >= 0.3 is 5.97 Å². The second-order valence-corrected chi connectivity index (χ2v) is 4.69. The van der Waals surface area contributed by atoms with Crippen molar-refractivity contribution < 1.29 is 14.3 Å². The Morgan fingerprint density at radius 1 is 1.05 bits per heavy atom. The Morgan fingerprint density at radius 3 is 2.35 bits per heavy atom. The number of carbonyl (C=O) groups is 2. The van der Waals surface area contributed by atoms with Crippen molar-refractivity contribution in [2.45, 2.75) is 6.42 Å². The normalized spacial score (nSPS) is 10.1. The van der Waals surface area contributed by atoms with E-state index in [0.717, 1.165) is 0 Å².